The zero-order chi connectivity index (χ0) is 15.9. The maximum Gasteiger partial charge on any atom is 0.303 e. The molecule has 0 aliphatic heterocycles. The smallest absolute Gasteiger partial charge is 0.303 e. The number of furan rings is 1. The first-order valence-electron chi connectivity index (χ1n) is 6.86. The monoisotopic (exact) mass is 303 g/mol. The summed E-state index contributed by atoms with van der Waals surface area (Å²) < 4.78 is 10.9. The van der Waals surface area contributed by atoms with Crippen molar-refractivity contribution in [3.8, 4) is 11.7 Å². The van der Waals surface area contributed by atoms with Gasteiger partial charge in [-0.25, -0.2) is 0 Å². The Bertz CT molecular complexity index is 635. The summed E-state index contributed by atoms with van der Waals surface area (Å²) in [6.45, 7) is 0.348. The number of nitrogens with zero attached hydrogens (tertiary/aromatic N) is 1. The first-order valence-corrected chi connectivity index (χ1v) is 6.86. The van der Waals surface area contributed by atoms with Gasteiger partial charge in [0.2, 0.25) is 0 Å². The minimum absolute atomic E-state index is 0.0259. The van der Waals surface area contributed by atoms with E-state index in [0.29, 0.717) is 18.7 Å². The van der Waals surface area contributed by atoms with Gasteiger partial charge in [-0.05, 0) is 24.6 Å². The van der Waals surface area contributed by atoms with Crippen LogP contribution in [0, 0.1) is 0 Å². The molecule has 1 aromatic carbocycles. The van der Waals surface area contributed by atoms with Gasteiger partial charge in [0.1, 0.15) is 5.75 Å². The molecule has 0 unspecified atom stereocenters. The molecule has 0 bridgehead atoms. The van der Waals surface area contributed by atoms with Crippen LogP contribution in [0.5, 0.6) is 11.7 Å². The van der Waals surface area contributed by atoms with Crippen molar-refractivity contribution in [1.82, 2.24) is 4.90 Å². The quantitative estimate of drug-likeness (QED) is 0.850. The lowest BCUT2D eigenvalue weighted by molar-refractivity contribution is -0.137. The molecular weight excluding hydrogens is 286 g/mol. The van der Waals surface area contributed by atoms with Crippen molar-refractivity contribution in [2.75, 3.05) is 13.6 Å². The van der Waals surface area contributed by atoms with Gasteiger partial charge in [0.05, 0.1) is 0 Å². The molecular formula is C16H17NO5. The van der Waals surface area contributed by atoms with Crippen LogP contribution in [0.1, 0.15) is 23.4 Å². The fourth-order valence-corrected chi connectivity index (χ4v) is 1.85. The first kappa shape index (κ1) is 15.6. The molecule has 1 N–H and O–H groups in total. The van der Waals surface area contributed by atoms with Crippen LogP contribution in [0.3, 0.4) is 0 Å². The summed E-state index contributed by atoms with van der Waals surface area (Å²) in [7, 11) is 1.60. The van der Waals surface area contributed by atoms with Crippen LogP contribution in [-0.2, 0) is 4.79 Å². The molecule has 0 radical (unpaired) electrons. The van der Waals surface area contributed by atoms with Crippen molar-refractivity contribution in [2.24, 2.45) is 0 Å². The van der Waals surface area contributed by atoms with E-state index in [4.69, 9.17) is 14.3 Å². The van der Waals surface area contributed by atoms with Gasteiger partial charge in [-0.3, -0.25) is 9.59 Å². The third-order valence-electron chi connectivity index (χ3n) is 2.98. The Hall–Kier alpha value is -2.76. The minimum Gasteiger partial charge on any atom is -0.481 e. The predicted octanol–water partition coefficient (Wildman–Crippen LogP) is 3.01. The summed E-state index contributed by atoms with van der Waals surface area (Å²) in [5.74, 6) is -0.186. The number of rotatable bonds is 7. The van der Waals surface area contributed by atoms with E-state index < -0.39 is 5.97 Å². The first-order chi connectivity index (χ1) is 10.6. The number of aliphatic carboxylic acids is 1. The van der Waals surface area contributed by atoms with Crippen LogP contribution in [0.4, 0.5) is 0 Å². The molecule has 6 nitrogen and oxygen atoms in total. The second kappa shape index (κ2) is 7.31. The number of amides is 1. The van der Waals surface area contributed by atoms with Gasteiger partial charge in [-0.15, -0.1) is 0 Å². The number of carbonyl (C=O) groups is 2. The average Bonchev–Trinajstić information content (AvgIpc) is 2.95. The molecule has 0 aliphatic carbocycles. The van der Waals surface area contributed by atoms with Crippen LogP contribution in [-0.4, -0.2) is 35.5 Å². The summed E-state index contributed by atoms with van der Waals surface area (Å²) in [6, 6.07) is 12.2. The number of carbonyl (C=O) groups excluding carboxylic acids is 1. The van der Waals surface area contributed by atoms with E-state index in [0.717, 1.165) is 0 Å². The molecule has 1 amide bonds. The van der Waals surface area contributed by atoms with E-state index in [-0.39, 0.29) is 24.0 Å². The van der Waals surface area contributed by atoms with Crippen LogP contribution >= 0.6 is 0 Å². The molecule has 0 atom stereocenters. The molecule has 2 aromatic rings. The van der Waals surface area contributed by atoms with Gasteiger partial charge in [-0.1, -0.05) is 18.2 Å². The Morgan fingerprint density at radius 3 is 2.59 bits per heavy atom. The van der Waals surface area contributed by atoms with Gasteiger partial charge in [0, 0.05) is 26.1 Å². The molecule has 0 saturated heterocycles. The Labute approximate surface area is 127 Å². The number of para-hydroxylation sites is 1. The summed E-state index contributed by atoms with van der Waals surface area (Å²) in [5.41, 5.74) is 0. The molecule has 1 aromatic heterocycles. The maximum absolute atomic E-state index is 12.1. The lowest BCUT2D eigenvalue weighted by atomic mass is 10.3. The van der Waals surface area contributed by atoms with Crippen molar-refractivity contribution in [3.05, 3.63) is 48.2 Å². The lowest BCUT2D eigenvalue weighted by Gasteiger charge is -2.14. The number of hydrogen-bond acceptors (Lipinski definition) is 4. The third kappa shape index (κ3) is 4.37. The maximum atomic E-state index is 12.1. The van der Waals surface area contributed by atoms with Gasteiger partial charge in [0.15, 0.2) is 5.76 Å². The second-order valence-electron chi connectivity index (χ2n) is 4.76. The Morgan fingerprint density at radius 2 is 1.91 bits per heavy atom. The van der Waals surface area contributed by atoms with E-state index in [1.807, 2.05) is 18.2 Å². The van der Waals surface area contributed by atoms with E-state index in [1.54, 1.807) is 25.2 Å². The van der Waals surface area contributed by atoms with E-state index in [1.165, 1.54) is 11.0 Å². The van der Waals surface area contributed by atoms with Crippen molar-refractivity contribution in [1.29, 1.82) is 0 Å². The molecule has 0 saturated carbocycles. The zero-order valence-electron chi connectivity index (χ0n) is 12.2. The number of benzene rings is 1. The zero-order valence-corrected chi connectivity index (χ0v) is 12.2. The molecule has 0 fully saturated rings. The van der Waals surface area contributed by atoms with Gasteiger partial charge >= 0.3 is 5.97 Å². The van der Waals surface area contributed by atoms with Crippen LogP contribution in [0.15, 0.2) is 46.9 Å². The molecule has 1 heterocycles. The Balaban J connectivity index is 1.92. The number of carboxylic acid groups (broad SMARTS) is 1. The highest BCUT2D eigenvalue weighted by atomic mass is 16.6. The largest absolute Gasteiger partial charge is 0.481 e. The van der Waals surface area contributed by atoms with Crippen LogP contribution in [0.2, 0.25) is 0 Å². The van der Waals surface area contributed by atoms with Gasteiger partial charge in [0.25, 0.3) is 11.9 Å². The highest BCUT2D eigenvalue weighted by Gasteiger charge is 2.16. The molecule has 6 heteroatoms. The number of ether oxygens (including phenoxy) is 1. The van der Waals surface area contributed by atoms with E-state index in [2.05, 4.69) is 0 Å². The Morgan fingerprint density at radius 1 is 1.18 bits per heavy atom. The topological polar surface area (TPSA) is 80.0 Å². The van der Waals surface area contributed by atoms with Gasteiger partial charge < -0.3 is 19.2 Å². The average molecular weight is 303 g/mol. The summed E-state index contributed by atoms with van der Waals surface area (Å²) >= 11 is 0. The molecule has 116 valence electrons. The minimum atomic E-state index is -0.877. The standard InChI is InChI=1S/C16H17NO5/c1-17(11-5-8-14(18)19)16(20)13-9-10-15(22-13)21-12-6-3-2-4-7-12/h2-4,6-7,9-10H,5,8,11H2,1H3,(H,18,19). The fraction of sp³-hybridized carbons (Fsp3) is 0.250. The van der Waals surface area contributed by atoms with E-state index in [9.17, 15) is 9.59 Å². The van der Waals surface area contributed by atoms with Crippen molar-refractivity contribution < 1.29 is 23.8 Å². The number of carboxylic acids is 1. The molecule has 0 aliphatic rings. The molecule has 0 spiro atoms. The molecule has 22 heavy (non-hydrogen) atoms. The highest BCUT2D eigenvalue weighted by Crippen LogP contribution is 2.23. The van der Waals surface area contributed by atoms with Crippen LogP contribution in [0.25, 0.3) is 0 Å². The van der Waals surface area contributed by atoms with Crippen LogP contribution < -0.4 is 4.74 Å². The van der Waals surface area contributed by atoms with Crippen molar-refractivity contribution >= 4 is 11.9 Å². The summed E-state index contributed by atoms with van der Waals surface area (Å²) in [6.07, 6.45) is 0.420. The summed E-state index contributed by atoms with van der Waals surface area (Å²) in [5, 5.41) is 8.59. The van der Waals surface area contributed by atoms with Crippen molar-refractivity contribution in [2.45, 2.75) is 12.8 Å². The second-order valence-corrected chi connectivity index (χ2v) is 4.76. The van der Waals surface area contributed by atoms with E-state index >= 15 is 0 Å². The summed E-state index contributed by atoms with van der Waals surface area (Å²) in [4.78, 5) is 24.0. The van der Waals surface area contributed by atoms with Crippen molar-refractivity contribution in [3.63, 3.8) is 0 Å². The third-order valence-corrected chi connectivity index (χ3v) is 2.98. The lowest BCUT2D eigenvalue weighted by Crippen LogP contribution is -2.27. The highest BCUT2D eigenvalue weighted by molar-refractivity contribution is 5.91. The fourth-order valence-electron chi connectivity index (χ4n) is 1.85. The predicted molar refractivity (Wildman–Crippen MR) is 79.1 cm³/mol. The molecule has 2 rings (SSSR count). The SMILES string of the molecule is CN(CCCC(=O)O)C(=O)c1ccc(Oc2ccccc2)o1. The van der Waals surface area contributed by atoms with Gasteiger partial charge in [-0.2, -0.15) is 0 Å². The Kier molecular flexibility index (Phi) is 5.19. The normalized spacial score (nSPS) is 10.2. The number of hydrogen-bond donors (Lipinski definition) is 1.